The zero-order valence-corrected chi connectivity index (χ0v) is 13.4. The Morgan fingerprint density at radius 1 is 1.37 bits per heavy atom. The van der Waals surface area contributed by atoms with Crippen LogP contribution in [0.4, 0.5) is 5.69 Å². The fraction of sp³-hybridized carbons (Fsp3) is 0.533. The summed E-state index contributed by atoms with van der Waals surface area (Å²) in [6.07, 6.45) is 0.722. The number of hydrogen-bond donors (Lipinski definition) is 1. The first-order valence-corrected chi connectivity index (χ1v) is 7.21. The average molecular weight is 326 g/mol. The highest BCUT2D eigenvalue weighted by Crippen LogP contribution is 2.44. The van der Waals surface area contributed by atoms with E-state index in [-0.39, 0.29) is 17.3 Å². The molecule has 0 spiro atoms. The van der Waals surface area contributed by atoms with Crippen molar-refractivity contribution in [2.75, 3.05) is 5.73 Å². The van der Waals surface area contributed by atoms with Crippen LogP contribution in [0.3, 0.4) is 0 Å². The molecular formula is C15H20BrNO2. The maximum Gasteiger partial charge on any atom is 0.170 e. The molecule has 1 aromatic carbocycles. The van der Waals surface area contributed by atoms with Crippen LogP contribution in [0.2, 0.25) is 0 Å². The standard InChI is InChI=1S/C15H20BrNO2/c1-14(2)8-11(15(3,4)19-14)13(18)10-7-9(17)5-6-12(10)16/h5-7,11H,8,17H2,1-4H3. The molecule has 0 bridgehead atoms. The zero-order chi connectivity index (χ0) is 14.4. The van der Waals surface area contributed by atoms with E-state index in [2.05, 4.69) is 15.9 Å². The van der Waals surface area contributed by atoms with Crippen molar-refractivity contribution in [2.45, 2.75) is 45.3 Å². The molecule has 1 fully saturated rings. The lowest BCUT2D eigenvalue weighted by atomic mass is 9.81. The minimum Gasteiger partial charge on any atom is -0.399 e. The lowest BCUT2D eigenvalue weighted by Gasteiger charge is -2.26. The smallest absolute Gasteiger partial charge is 0.170 e. The fourth-order valence-corrected chi connectivity index (χ4v) is 3.33. The topological polar surface area (TPSA) is 52.3 Å². The van der Waals surface area contributed by atoms with E-state index in [0.717, 1.165) is 10.9 Å². The molecule has 3 nitrogen and oxygen atoms in total. The molecule has 104 valence electrons. The summed E-state index contributed by atoms with van der Waals surface area (Å²) in [5.41, 5.74) is 6.30. The van der Waals surface area contributed by atoms with Gasteiger partial charge in [-0.25, -0.2) is 0 Å². The summed E-state index contributed by atoms with van der Waals surface area (Å²) in [7, 11) is 0. The predicted octanol–water partition coefficient (Wildman–Crippen LogP) is 3.81. The van der Waals surface area contributed by atoms with Gasteiger partial charge in [-0.15, -0.1) is 0 Å². The maximum absolute atomic E-state index is 12.8. The van der Waals surface area contributed by atoms with E-state index in [4.69, 9.17) is 10.5 Å². The van der Waals surface area contributed by atoms with E-state index in [1.807, 2.05) is 33.8 Å². The number of carbonyl (C=O) groups is 1. The van der Waals surface area contributed by atoms with Crippen LogP contribution in [-0.2, 0) is 4.74 Å². The lowest BCUT2D eigenvalue weighted by Crippen LogP contribution is -2.34. The van der Waals surface area contributed by atoms with Crippen molar-refractivity contribution in [1.82, 2.24) is 0 Å². The number of ether oxygens (including phenoxy) is 1. The highest BCUT2D eigenvalue weighted by atomic mass is 79.9. The molecule has 1 aliphatic rings. The van der Waals surface area contributed by atoms with E-state index < -0.39 is 5.60 Å². The summed E-state index contributed by atoms with van der Waals surface area (Å²) >= 11 is 3.43. The third-order valence-corrected chi connectivity index (χ3v) is 4.34. The third-order valence-electron chi connectivity index (χ3n) is 3.65. The molecule has 1 aliphatic heterocycles. The molecule has 0 radical (unpaired) electrons. The number of nitrogens with two attached hydrogens (primary N) is 1. The highest BCUT2D eigenvalue weighted by Gasteiger charge is 2.49. The maximum atomic E-state index is 12.8. The van der Waals surface area contributed by atoms with Gasteiger partial charge in [0.05, 0.1) is 17.1 Å². The Morgan fingerprint density at radius 2 is 2.00 bits per heavy atom. The van der Waals surface area contributed by atoms with Gasteiger partial charge >= 0.3 is 0 Å². The number of anilines is 1. The third kappa shape index (κ3) is 2.84. The van der Waals surface area contributed by atoms with Gasteiger partial charge in [0.25, 0.3) is 0 Å². The summed E-state index contributed by atoms with van der Waals surface area (Å²) in [4.78, 5) is 12.8. The quantitative estimate of drug-likeness (QED) is 0.664. The monoisotopic (exact) mass is 325 g/mol. The highest BCUT2D eigenvalue weighted by molar-refractivity contribution is 9.10. The Labute approximate surface area is 122 Å². The van der Waals surface area contributed by atoms with E-state index in [1.54, 1.807) is 12.1 Å². The second-order valence-corrected chi connectivity index (χ2v) is 7.18. The number of hydrogen-bond acceptors (Lipinski definition) is 3. The molecular weight excluding hydrogens is 306 g/mol. The molecule has 1 heterocycles. The second kappa shape index (κ2) is 4.60. The molecule has 1 aromatic rings. The number of benzene rings is 1. The predicted molar refractivity (Wildman–Crippen MR) is 80.2 cm³/mol. The summed E-state index contributed by atoms with van der Waals surface area (Å²) in [5, 5.41) is 0. The van der Waals surface area contributed by atoms with Crippen LogP contribution in [0.5, 0.6) is 0 Å². The van der Waals surface area contributed by atoms with Gasteiger partial charge in [-0.3, -0.25) is 4.79 Å². The molecule has 2 N–H and O–H groups in total. The fourth-order valence-electron chi connectivity index (χ4n) is 2.89. The Bertz CT molecular complexity index is 523. The molecule has 4 heteroatoms. The van der Waals surface area contributed by atoms with Gasteiger partial charge in [-0.2, -0.15) is 0 Å². The lowest BCUT2D eigenvalue weighted by molar-refractivity contribution is -0.0712. The Balaban J connectivity index is 2.37. The molecule has 0 amide bonds. The Hall–Kier alpha value is -0.870. The molecule has 0 saturated carbocycles. The summed E-state index contributed by atoms with van der Waals surface area (Å²) in [6, 6.07) is 5.32. The number of nitrogen functional groups attached to an aromatic ring is 1. The van der Waals surface area contributed by atoms with Crippen molar-refractivity contribution < 1.29 is 9.53 Å². The van der Waals surface area contributed by atoms with Gasteiger partial charge in [0, 0.05) is 15.7 Å². The van der Waals surface area contributed by atoms with Crippen molar-refractivity contribution >= 4 is 27.4 Å². The van der Waals surface area contributed by atoms with E-state index in [1.165, 1.54) is 0 Å². The molecule has 1 saturated heterocycles. The second-order valence-electron chi connectivity index (χ2n) is 6.33. The summed E-state index contributed by atoms with van der Waals surface area (Å²) in [5.74, 6) is -0.0599. The molecule has 1 unspecified atom stereocenters. The normalized spacial score (nSPS) is 24.4. The van der Waals surface area contributed by atoms with Crippen molar-refractivity contribution in [3.63, 3.8) is 0 Å². The number of Topliss-reactive ketones (excluding diaryl/α,β-unsaturated/α-hetero) is 1. The Morgan fingerprint density at radius 3 is 2.53 bits per heavy atom. The minimum atomic E-state index is -0.454. The van der Waals surface area contributed by atoms with Gasteiger partial charge in [0.1, 0.15) is 0 Å². The molecule has 19 heavy (non-hydrogen) atoms. The van der Waals surface area contributed by atoms with Crippen LogP contribution in [0, 0.1) is 5.92 Å². The first kappa shape index (κ1) is 14.5. The van der Waals surface area contributed by atoms with Crippen molar-refractivity contribution in [3.8, 4) is 0 Å². The average Bonchev–Trinajstić information content (AvgIpc) is 2.49. The van der Waals surface area contributed by atoms with Crippen LogP contribution < -0.4 is 5.73 Å². The van der Waals surface area contributed by atoms with Crippen LogP contribution in [0.25, 0.3) is 0 Å². The number of carbonyl (C=O) groups excluding carboxylic acids is 1. The van der Waals surface area contributed by atoms with Gasteiger partial charge < -0.3 is 10.5 Å². The molecule has 0 aliphatic carbocycles. The van der Waals surface area contributed by atoms with Gasteiger partial charge in [0.2, 0.25) is 0 Å². The van der Waals surface area contributed by atoms with Gasteiger partial charge in [-0.1, -0.05) is 15.9 Å². The summed E-state index contributed by atoms with van der Waals surface area (Å²) in [6.45, 7) is 8.00. The number of ketones is 1. The number of rotatable bonds is 2. The van der Waals surface area contributed by atoms with Gasteiger partial charge in [-0.05, 0) is 52.3 Å². The molecule has 1 atom stereocenters. The summed E-state index contributed by atoms with van der Waals surface area (Å²) < 4.78 is 6.78. The number of halogens is 1. The first-order valence-electron chi connectivity index (χ1n) is 6.42. The van der Waals surface area contributed by atoms with E-state index in [0.29, 0.717) is 11.3 Å². The van der Waals surface area contributed by atoms with Gasteiger partial charge in [0.15, 0.2) is 5.78 Å². The Kier molecular flexibility index (Phi) is 3.52. The van der Waals surface area contributed by atoms with E-state index >= 15 is 0 Å². The van der Waals surface area contributed by atoms with Crippen molar-refractivity contribution in [3.05, 3.63) is 28.2 Å². The van der Waals surface area contributed by atoms with Crippen LogP contribution in [-0.4, -0.2) is 17.0 Å². The van der Waals surface area contributed by atoms with Crippen molar-refractivity contribution in [1.29, 1.82) is 0 Å². The van der Waals surface area contributed by atoms with Crippen LogP contribution in [0.15, 0.2) is 22.7 Å². The van der Waals surface area contributed by atoms with Crippen molar-refractivity contribution in [2.24, 2.45) is 5.92 Å². The first-order chi connectivity index (χ1) is 8.62. The van der Waals surface area contributed by atoms with E-state index in [9.17, 15) is 4.79 Å². The largest absolute Gasteiger partial charge is 0.399 e. The minimum absolute atomic E-state index is 0.0924. The molecule has 2 rings (SSSR count). The van der Waals surface area contributed by atoms with Crippen LogP contribution in [0.1, 0.15) is 44.5 Å². The SMILES string of the molecule is CC1(C)CC(C(=O)c2cc(N)ccc2Br)C(C)(C)O1. The van der Waals surface area contributed by atoms with Crippen LogP contribution >= 0.6 is 15.9 Å². The zero-order valence-electron chi connectivity index (χ0n) is 11.8. The molecule has 0 aromatic heterocycles.